The van der Waals surface area contributed by atoms with E-state index >= 15 is 0 Å². The maximum Gasteiger partial charge on any atom is 0.231 e. The van der Waals surface area contributed by atoms with Gasteiger partial charge in [-0.15, -0.1) is 0 Å². The molecule has 0 atom stereocenters. The maximum atomic E-state index is 6.33. The molecule has 0 amide bonds. The molecule has 0 saturated carbocycles. The number of para-hydroxylation sites is 2. The first-order chi connectivity index (χ1) is 27.8. The summed E-state index contributed by atoms with van der Waals surface area (Å²) >= 11 is 0. The van der Waals surface area contributed by atoms with Crippen LogP contribution in [-0.2, 0) is 0 Å². The lowest BCUT2D eigenvalue weighted by Gasteiger charge is -2.11. The number of hydrogen-bond donors (Lipinski definition) is 0. The van der Waals surface area contributed by atoms with E-state index in [1.54, 1.807) is 0 Å². The molecule has 11 rings (SSSR count). The number of hydrogen-bond acceptors (Lipinski definition) is 3. The Morgan fingerprint density at radius 1 is 0.375 bits per heavy atom. The van der Waals surface area contributed by atoms with Gasteiger partial charge in [-0.25, -0.2) is 4.98 Å². The first-order valence-electron chi connectivity index (χ1n) is 18.9. The van der Waals surface area contributed by atoms with Gasteiger partial charge in [0, 0.05) is 33.0 Å². The summed E-state index contributed by atoms with van der Waals surface area (Å²) in [5.41, 5.74) is 14.6. The van der Waals surface area contributed by atoms with Crippen molar-refractivity contribution in [3.05, 3.63) is 200 Å². The Morgan fingerprint density at radius 2 is 0.982 bits per heavy atom. The molecular weight excluding hydrogens is 683 g/mol. The van der Waals surface area contributed by atoms with Crippen molar-refractivity contribution in [3.63, 3.8) is 0 Å². The summed E-state index contributed by atoms with van der Waals surface area (Å²) in [5.74, 6) is 0.626. The van der Waals surface area contributed by atoms with E-state index in [-0.39, 0.29) is 0 Å². The van der Waals surface area contributed by atoms with Gasteiger partial charge in [-0.2, -0.15) is 4.98 Å². The van der Waals surface area contributed by atoms with E-state index in [4.69, 9.17) is 14.4 Å². The summed E-state index contributed by atoms with van der Waals surface area (Å²) in [6.45, 7) is 0. The van der Waals surface area contributed by atoms with E-state index in [0.29, 0.717) is 11.5 Å². The smallest absolute Gasteiger partial charge is 0.231 e. The van der Waals surface area contributed by atoms with Gasteiger partial charge in [0.05, 0.1) is 22.1 Å². The van der Waals surface area contributed by atoms with Gasteiger partial charge in [0.2, 0.25) is 5.71 Å². The normalized spacial score (nSPS) is 11.6. The van der Waals surface area contributed by atoms with Gasteiger partial charge in [0.1, 0.15) is 5.58 Å². The molecule has 0 aliphatic heterocycles. The van der Waals surface area contributed by atoms with Crippen molar-refractivity contribution in [1.82, 2.24) is 14.5 Å². The first-order valence-corrected chi connectivity index (χ1v) is 18.9. The average Bonchev–Trinajstić information content (AvgIpc) is 3.83. The van der Waals surface area contributed by atoms with Crippen LogP contribution in [0.25, 0.3) is 106 Å². The maximum absolute atomic E-state index is 6.33. The van der Waals surface area contributed by atoms with Crippen LogP contribution in [-0.4, -0.2) is 14.5 Å². The number of rotatable bonds is 6. The van der Waals surface area contributed by atoms with Crippen LogP contribution < -0.4 is 0 Å². The van der Waals surface area contributed by atoms with Crippen LogP contribution in [0.3, 0.4) is 0 Å². The molecule has 56 heavy (non-hydrogen) atoms. The molecule has 0 bridgehead atoms. The van der Waals surface area contributed by atoms with Crippen LogP contribution >= 0.6 is 0 Å². The largest absolute Gasteiger partial charge is 0.438 e. The summed E-state index contributed by atoms with van der Waals surface area (Å²) < 4.78 is 8.72. The molecule has 0 saturated heterocycles. The van der Waals surface area contributed by atoms with Crippen LogP contribution in [0.4, 0.5) is 0 Å². The molecule has 3 heterocycles. The first kappa shape index (κ1) is 31.9. The summed E-state index contributed by atoms with van der Waals surface area (Å²) in [6.07, 6.45) is 0. The van der Waals surface area contributed by atoms with Gasteiger partial charge in [-0.05, 0) is 81.9 Å². The number of benzene rings is 8. The van der Waals surface area contributed by atoms with Crippen LogP contribution in [0.1, 0.15) is 0 Å². The highest BCUT2D eigenvalue weighted by atomic mass is 16.3. The van der Waals surface area contributed by atoms with Gasteiger partial charge in [-0.3, -0.25) is 0 Å². The zero-order chi connectivity index (χ0) is 37.0. The molecule has 4 nitrogen and oxygen atoms in total. The summed E-state index contributed by atoms with van der Waals surface area (Å²) in [4.78, 5) is 10.2. The van der Waals surface area contributed by atoms with Gasteiger partial charge in [0.25, 0.3) is 0 Å². The Morgan fingerprint density at radius 3 is 1.77 bits per heavy atom. The predicted octanol–water partition coefficient (Wildman–Crippen LogP) is 13.8. The third kappa shape index (κ3) is 5.31. The molecule has 3 aromatic heterocycles. The van der Waals surface area contributed by atoms with Crippen molar-refractivity contribution in [3.8, 4) is 61.7 Å². The van der Waals surface area contributed by atoms with Gasteiger partial charge < -0.3 is 8.98 Å². The highest BCUT2D eigenvalue weighted by Crippen LogP contribution is 2.42. The van der Waals surface area contributed by atoms with Crippen molar-refractivity contribution in [2.45, 2.75) is 0 Å². The van der Waals surface area contributed by atoms with Gasteiger partial charge in [-0.1, -0.05) is 152 Å². The second-order valence-electron chi connectivity index (χ2n) is 14.2. The molecule has 0 aliphatic rings. The van der Waals surface area contributed by atoms with Crippen molar-refractivity contribution < 1.29 is 4.42 Å². The molecule has 0 fully saturated rings. The monoisotopic (exact) mass is 715 g/mol. The van der Waals surface area contributed by atoms with E-state index in [1.165, 1.54) is 38.5 Å². The van der Waals surface area contributed by atoms with Crippen LogP contribution in [0.2, 0.25) is 0 Å². The van der Waals surface area contributed by atoms with Crippen molar-refractivity contribution >= 4 is 43.9 Å². The Hall–Kier alpha value is -7.56. The van der Waals surface area contributed by atoms with Gasteiger partial charge >= 0.3 is 0 Å². The second-order valence-corrected chi connectivity index (χ2v) is 14.2. The quantitative estimate of drug-likeness (QED) is 0.172. The minimum Gasteiger partial charge on any atom is -0.438 e. The lowest BCUT2D eigenvalue weighted by atomic mass is 9.94. The fourth-order valence-electron chi connectivity index (χ4n) is 8.24. The highest BCUT2D eigenvalue weighted by Gasteiger charge is 2.20. The Bertz CT molecular complexity index is 3240. The topological polar surface area (TPSA) is 43.9 Å². The minimum atomic E-state index is 0.584. The lowest BCUT2D eigenvalue weighted by molar-refractivity contribution is 0.653. The van der Waals surface area contributed by atoms with Crippen LogP contribution in [0, 0.1) is 0 Å². The molecule has 11 aromatic rings. The number of aromatic nitrogens is 3. The fraction of sp³-hybridized carbons (Fsp3) is 0. The zero-order valence-corrected chi connectivity index (χ0v) is 30.3. The molecule has 0 spiro atoms. The fourth-order valence-corrected chi connectivity index (χ4v) is 8.24. The van der Waals surface area contributed by atoms with Gasteiger partial charge in [0.15, 0.2) is 5.82 Å². The molecule has 0 unspecified atom stereocenters. The summed E-state index contributed by atoms with van der Waals surface area (Å²) in [6, 6.07) is 70.6. The Balaban J connectivity index is 1.06. The third-order valence-electron chi connectivity index (χ3n) is 10.8. The molecule has 4 heteroatoms. The summed E-state index contributed by atoms with van der Waals surface area (Å²) in [5, 5.41) is 4.39. The molecule has 262 valence electrons. The average molecular weight is 716 g/mol. The van der Waals surface area contributed by atoms with Crippen molar-refractivity contribution in [2.75, 3.05) is 0 Å². The molecule has 0 radical (unpaired) electrons. The summed E-state index contributed by atoms with van der Waals surface area (Å²) in [7, 11) is 0. The SMILES string of the molecule is c1ccc(-c2ccc3c(c2)c2c(-c4cccc(-c5cccc(-c6nc(-c7ccccc7)c7c(n6)oc6ccccc67)c5)c4)cccc2n3-c2ccccc2)cc1. The Kier molecular flexibility index (Phi) is 7.46. The van der Waals surface area contributed by atoms with E-state index in [0.717, 1.165) is 55.6 Å². The number of furan rings is 1. The lowest BCUT2D eigenvalue weighted by Crippen LogP contribution is -1.94. The second kappa shape index (κ2) is 13.1. The minimum absolute atomic E-state index is 0.584. The van der Waals surface area contributed by atoms with Crippen molar-refractivity contribution in [2.24, 2.45) is 0 Å². The Labute approximate surface area is 323 Å². The third-order valence-corrected chi connectivity index (χ3v) is 10.8. The molecular formula is C52H33N3O. The van der Waals surface area contributed by atoms with Crippen LogP contribution in [0.15, 0.2) is 205 Å². The van der Waals surface area contributed by atoms with E-state index < -0.39 is 0 Å². The van der Waals surface area contributed by atoms with E-state index in [9.17, 15) is 0 Å². The number of nitrogens with zero attached hydrogens (tertiary/aromatic N) is 3. The van der Waals surface area contributed by atoms with E-state index in [1.807, 2.05) is 36.4 Å². The standard InChI is InChI=1S/C52H33N3O/c1-4-15-34(16-5-1)38-29-30-45-44(33-38)48-42(26-14-27-46(48)55(45)41-23-8-3-9-24-41)39-21-12-19-36(31-39)37-20-13-22-40(32-37)51-53-50(35-17-6-2-7-18-35)49-43-25-10-11-28-47(43)56-52(49)54-51/h1-33H. The van der Waals surface area contributed by atoms with E-state index in [2.05, 4.69) is 168 Å². The number of fused-ring (bicyclic) bond motifs is 6. The van der Waals surface area contributed by atoms with Crippen LogP contribution in [0.5, 0.6) is 0 Å². The zero-order valence-electron chi connectivity index (χ0n) is 30.3. The molecule has 0 N–H and O–H groups in total. The molecule has 0 aliphatic carbocycles. The highest BCUT2D eigenvalue weighted by molar-refractivity contribution is 6.17. The predicted molar refractivity (Wildman–Crippen MR) is 231 cm³/mol. The van der Waals surface area contributed by atoms with Crippen molar-refractivity contribution in [1.29, 1.82) is 0 Å². The molecule has 8 aromatic carbocycles.